The van der Waals surface area contributed by atoms with Crippen molar-refractivity contribution in [3.8, 4) is 17.0 Å². The van der Waals surface area contributed by atoms with E-state index in [1.165, 1.54) is 22.7 Å². The minimum Gasteiger partial charge on any atom is -0.479 e. The number of nitrogens with zero attached hydrogens (tertiary/aromatic N) is 2. The van der Waals surface area contributed by atoms with Crippen molar-refractivity contribution in [2.75, 3.05) is 16.7 Å². The number of amides is 1. The zero-order valence-corrected chi connectivity index (χ0v) is 17.7. The number of thiazole rings is 1. The highest BCUT2D eigenvalue weighted by Gasteiger charge is 2.29. The number of carbonyl (C=O) groups excluding carboxylic acids is 1. The van der Waals surface area contributed by atoms with Gasteiger partial charge in [0.15, 0.2) is 11.2 Å². The highest BCUT2D eigenvalue weighted by Crippen LogP contribution is 2.37. The van der Waals surface area contributed by atoms with Crippen molar-refractivity contribution in [2.45, 2.75) is 24.2 Å². The fourth-order valence-corrected chi connectivity index (χ4v) is 6.10. The molecular formula is C18H17N3O4S3. The summed E-state index contributed by atoms with van der Waals surface area (Å²) >= 11 is 2.41. The van der Waals surface area contributed by atoms with E-state index in [2.05, 4.69) is 9.71 Å². The zero-order valence-electron chi connectivity index (χ0n) is 15.3. The maximum Gasteiger partial charge on any atom is 0.273 e. The van der Waals surface area contributed by atoms with Crippen LogP contribution in [-0.2, 0) is 14.8 Å². The lowest BCUT2D eigenvalue weighted by atomic mass is 10.1. The Bertz CT molecular complexity index is 1170. The molecule has 4 rings (SSSR count). The molecule has 1 aromatic carbocycles. The van der Waals surface area contributed by atoms with Gasteiger partial charge in [0.25, 0.3) is 15.9 Å². The van der Waals surface area contributed by atoms with Crippen LogP contribution in [0.3, 0.4) is 0 Å². The maximum atomic E-state index is 12.5. The number of hydrogen-bond acceptors (Lipinski definition) is 7. The summed E-state index contributed by atoms with van der Waals surface area (Å²) in [4.78, 5) is 19.0. The first-order chi connectivity index (χ1) is 13.2. The normalized spacial score (nSPS) is 16.6. The molecule has 28 heavy (non-hydrogen) atoms. The summed E-state index contributed by atoms with van der Waals surface area (Å²) < 4.78 is 33.3. The van der Waals surface area contributed by atoms with E-state index >= 15 is 0 Å². The number of anilines is 2. The van der Waals surface area contributed by atoms with Crippen LogP contribution in [0.2, 0.25) is 0 Å². The summed E-state index contributed by atoms with van der Waals surface area (Å²) in [6.07, 6.45) is -0.524. The number of rotatable bonds is 4. The molecule has 0 bridgehead atoms. The Hall–Kier alpha value is -2.43. The maximum absolute atomic E-state index is 12.5. The highest BCUT2D eigenvalue weighted by molar-refractivity contribution is 7.94. The van der Waals surface area contributed by atoms with Gasteiger partial charge in [-0.1, -0.05) is 0 Å². The second-order valence-electron chi connectivity index (χ2n) is 6.35. The Morgan fingerprint density at radius 3 is 2.75 bits per heavy atom. The molecular weight excluding hydrogens is 418 g/mol. The number of carbonyl (C=O) groups is 1. The second-order valence-corrected chi connectivity index (χ2v) is 10.4. The van der Waals surface area contributed by atoms with Crippen molar-refractivity contribution < 1.29 is 17.9 Å². The lowest BCUT2D eigenvalue weighted by Crippen LogP contribution is -2.41. The van der Waals surface area contributed by atoms with Crippen molar-refractivity contribution in [1.82, 2.24) is 4.98 Å². The van der Waals surface area contributed by atoms with Gasteiger partial charge in [0.05, 0.1) is 11.4 Å². The van der Waals surface area contributed by atoms with E-state index in [1.807, 2.05) is 19.1 Å². The summed E-state index contributed by atoms with van der Waals surface area (Å²) in [5.41, 5.74) is 2.04. The van der Waals surface area contributed by atoms with E-state index in [1.54, 1.807) is 42.5 Å². The SMILES string of the molecule is Cc1ccc(S(=O)(=O)Nc2nc(-c3ccc4c(c3)N(C)C(=O)C(C)O4)cs2)s1. The van der Waals surface area contributed by atoms with Crippen molar-refractivity contribution in [3.05, 3.63) is 40.6 Å². The van der Waals surface area contributed by atoms with E-state index in [4.69, 9.17) is 4.74 Å². The van der Waals surface area contributed by atoms with Crippen LogP contribution in [0, 0.1) is 6.92 Å². The second kappa shape index (κ2) is 6.87. The number of likely N-dealkylation sites (N-methyl/N-ethyl adjacent to an activating group) is 1. The number of benzene rings is 1. The number of ether oxygens (including phenoxy) is 1. The molecule has 0 saturated carbocycles. The van der Waals surface area contributed by atoms with Crippen molar-refractivity contribution in [1.29, 1.82) is 0 Å². The van der Waals surface area contributed by atoms with Gasteiger partial charge in [0.1, 0.15) is 9.96 Å². The monoisotopic (exact) mass is 435 g/mol. The summed E-state index contributed by atoms with van der Waals surface area (Å²) in [7, 11) is -1.95. The molecule has 1 atom stereocenters. The molecule has 1 N–H and O–H groups in total. The molecule has 0 fully saturated rings. The van der Waals surface area contributed by atoms with Crippen LogP contribution in [0.4, 0.5) is 10.8 Å². The predicted octanol–water partition coefficient (Wildman–Crippen LogP) is 3.72. The molecule has 10 heteroatoms. The predicted molar refractivity (Wildman–Crippen MR) is 111 cm³/mol. The zero-order chi connectivity index (χ0) is 20.1. The van der Waals surface area contributed by atoms with Crippen LogP contribution in [0.25, 0.3) is 11.3 Å². The minimum atomic E-state index is -3.65. The minimum absolute atomic E-state index is 0.123. The third-order valence-electron chi connectivity index (χ3n) is 4.30. The van der Waals surface area contributed by atoms with Crippen molar-refractivity contribution in [3.63, 3.8) is 0 Å². The van der Waals surface area contributed by atoms with Crippen LogP contribution >= 0.6 is 22.7 Å². The highest BCUT2D eigenvalue weighted by atomic mass is 32.2. The third-order valence-corrected chi connectivity index (χ3v) is 8.02. The standard InChI is InChI=1S/C18H17N3O4S3/c1-10-4-7-16(27-10)28(23,24)20-18-19-13(9-26-18)12-5-6-15-14(8-12)21(3)17(22)11(2)25-15/h4-9,11H,1-3H3,(H,19,20). The summed E-state index contributed by atoms with van der Waals surface area (Å²) in [5.74, 6) is 0.505. The van der Waals surface area contributed by atoms with Gasteiger partial charge in [-0.15, -0.1) is 22.7 Å². The smallest absolute Gasteiger partial charge is 0.273 e. The number of hydrogen-bond donors (Lipinski definition) is 1. The molecule has 3 heterocycles. The fraction of sp³-hybridized carbons (Fsp3) is 0.222. The summed E-state index contributed by atoms with van der Waals surface area (Å²) in [5, 5.41) is 2.06. The molecule has 0 saturated heterocycles. The number of nitrogens with one attached hydrogen (secondary N) is 1. The quantitative estimate of drug-likeness (QED) is 0.675. The summed E-state index contributed by atoms with van der Waals surface area (Å²) in [6, 6.07) is 8.79. The Morgan fingerprint density at radius 2 is 2.04 bits per heavy atom. The Labute approximate surface area is 170 Å². The lowest BCUT2D eigenvalue weighted by Gasteiger charge is -2.30. The molecule has 2 aromatic heterocycles. The van der Waals surface area contributed by atoms with E-state index in [9.17, 15) is 13.2 Å². The van der Waals surface area contributed by atoms with Crippen LogP contribution in [0.15, 0.2) is 39.9 Å². The molecule has 7 nitrogen and oxygen atoms in total. The third kappa shape index (κ3) is 3.38. The van der Waals surface area contributed by atoms with Crippen LogP contribution in [-0.4, -0.2) is 32.5 Å². The molecule has 0 radical (unpaired) electrons. The van der Waals surface area contributed by atoms with Crippen LogP contribution in [0.5, 0.6) is 5.75 Å². The molecule has 1 aliphatic heterocycles. The van der Waals surface area contributed by atoms with E-state index in [0.29, 0.717) is 17.1 Å². The largest absolute Gasteiger partial charge is 0.479 e. The first kappa shape index (κ1) is 18.9. The fourth-order valence-electron chi connectivity index (χ4n) is 2.85. The average molecular weight is 436 g/mol. The molecule has 0 aliphatic carbocycles. The van der Waals surface area contributed by atoms with Gasteiger partial charge in [-0.25, -0.2) is 13.4 Å². The Morgan fingerprint density at radius 1 is 1.25 bits per heavy atom. The number of fused-ring (bicyclic) bond motifs is 1. The van der Waals surface area contributed by atoms with Crippen LogP contribution < -0.4 is 14.4 Å². The van der Waals surface area contributed by atoms with Crippen molar-refractivity contribution >= 4 is 49.4 Å². The molecule has 146 valence electrons. The van der Waals surface area contributed by atoms with E-state index in [-0.39, 0.29) is 15.2 Å². The number of aryl methyl sites for hydroxylation is 1. The van der Waals surface area contributed by atoms with Gasteiger partial charge in [-0.05, 0) is 44.2 Å². The van der Waals surface area contributed by atoms with E-state index in [0.717, 1.165) is 10.4 Å². The molecule has 1 amide bonds. The van der Waals surface area contributed by atoms with Gasteiger partial charge in [0.2, 0.25) is 0 Å². The first-order valence-electron chi connectivity index (χ1n) is 8.38. The van der Waals surface area contributed by atoms with Gasteiger partial charge in [-0.2, -0.15) is 0 Å². The van der Waals surface area contributed by atoms with Crippen molar-refractivity contribution in [2.24, 2.45) is 0 Å². The van der Waals surface area contributed by atoms with Gasteiger partial charge >= 0.3 is 0 Å². The molecule has 0 spiro atoms. The summed E-state index contributed by atoms with van der Waals surface area (Å²) in [6.45, 7) is 3.57. The molecule has 1 aliphatic rings. The number of sulfonamides is 1. The lowest BCUT2D eigenvalue weighted by molar-refractivity contribution is -0.125. The molecule has 1 unspecified atom stereocenters. The Kier molecular flexibility index (Phi) is 4.64. The van der Waals surface area contributed by atoms with E-state index < -0.39 is 16.1 Å². The van der Waals surface area contributed by atoms with Crippen LogP contribution in [0.1, 0.15) is 11.8 Å². The first-order valence-corrected chi connectivity index (χ1v) is 11.6. The van der Waals surface area contributed by atoms with Gasteiger partial charge in [0, 0.05) is 22.9 Å². The van der Waals surface area contributed by atoms with Gasteiger partial charge in [-0.3, -0.25) is 9.52 Å². The number of thiophene rings is 1. The number of aromatic nitrogens is 1. The Balaban J connectivity index is 1.61. The average Bonchev–Trinajstić information content (AvgIpc) is 3.29. The topological polar surface area (TPSA) is 88.6 Å². The molecule has 3 aromatic rings. The van der Waals surface area contributed by atoms with Gasteiger partial charge < -0.3 is 9.64 Å².